The zero-order valence-electron chi connectivity index (χ0n) is 20.7. The number of rotatable bonds is 6. The summed E-state index contributed by atoms with van der Waals surface area (Å²) in [7, 11) is -2.06. The van der Waals surface area contributed by atoms with Crippen LogP contribution in [-0.4, -0.2) is 29.7 Å². The molecule has 2 aliphatic heterocycles. The Morgan fingerprint density at radius 3 is 2.46 bits per heavy atom. The molecule has 6 nitrogen and oxygen atoms in total. The van der Waals surface area contributed by atoms with Gasteiger partial charge in [-0.2, -0.15) is 0 Å². The summed E-state index contributed by atoms with van der Waals surface area (Å²) in [5.74, 6) is -2.82. The molecule has 37 heavy (non-hydrogen) atoms. The molecule has 10 heteroatoms. The van der Waals surface area contributed by atoms with Crippen LogP contribution in [0.3, 0.4) is 0 Å². The van der Waals surface area contributed by atoms with Crippen LogP contribution in [0.5, 0.6) is 5.75 Å². The maximum absolute atomic E-state index is 13.6. The highest BCUT2D eigenvalue weighted by Gasteiger charge is 2.55. The fourth-order valence-corrected chi connectivity index (χ4v) is 5.06. The SMILES string of the molecule is C=C/C(=C\C=C/C)N1C(=O)C2(OCCCO2)c2cc(S(=O)c3ccccc3OC(F)(F)F)ccc21.CC. The van der Waals surface area contributed by atoms with Gasteiger partial charge in [0, 0.05) is 16.2 Å². The predicted octanol–water partition coefficient (Wildman–Crippen LogP) is 6.36. The first-order valence-electron chi connectivity index (χ1n) is 11.7. The molecule has 1 saturated heterocycles. The van der Waals surface area contributed by atoms with Gasteiger partial charge in [-0.15, -0.1) is 13.2 Å². The highest BCUT2D eigenvalue weighted by atomic mass is 32.2. The highest BCUT2D eigenvalue weighted by Crippen LogP contribution is 2.48. The number of hydrogen-bond donors (Lipinski definition) is 0. The van der Waals surface area contributed by atoms with Crippen LogP contribution >= 0.6 is 0 Å². The van der Waals surface area contributed by atoms with Gasteiger partial charge in [0.25, 0.3) is 11.7 Å². The van der Waals surface area contributed by atoms with Crippen LogP contribution in [-0.2, 0) is 30.9 Å². The third-order valence-electron chi connectivity index (χ3n) is 5.36. The number of nitrogens with zero attached hydrogens (tertiary/aromatic N) is 1. The number of ether oxygens (including phenoxy) is 3. The van der Waals surface area contributed by atoms with Crippen LogP contribution in [0.1, 0.15) is 32.8 Å². The van der Waals surface area contributed by atoms with Crippen molar-refractivity contribution in [3.63, 3.8) is 0 Å². The van der Waals surface area contributed by atoms with Crippen LogP contribution in [0.2, 0.25) is 0 Å². The monoisotopic (exact) mass is 535 g/mol. The molecule has 1 fully saturated rings. The topological polar surface area (TPSA) is 65.1 Å². The standard InChI is InChI=1S/C25H22F3NO5S.C2H6/c1-3-5-9-17(4-2)29-20-13-12-18(16-19(20)24(23(29)30)32-14-8-15-33-24)35(31)22-11-7-6-10-21(22)34-25(26,27)28;1-2/h3-7,9-13,16H,2,8,14-15H2,1H3;1-2H3/b5-3-,17-9+;. The van der Waals surface area contributed by atoms with E-state index in [9.17, 15) is 22.2 Å². The summed E-state index contributed by atoms with van der Waals surface area (Å²) >= 11 is 0. The van der Waals surface area contributed by atoms with Crippen molar-refractivity contribution in [2.45, 2.75) is 49.1 Å². The van der Waals surface area contributed by atoms with Crippen LogP contribution in [0.4, 0.5) is 18.9 Å². The lowest BCUT2D eigenvalue weighted by Gasteiger charge is -2.32. The molecule has 1 atom stereocenters. The average molecular weight is 536 g/mol. The van der Waals surface area contributed by atoms with E-state index in [0.717, 1.165) is 6.07 Å². The minimum atomic E-state index is -4.95. The summed E-state index contributed by atoms with van der Waals surface area (Å²) in [5, 5.41) is 0. The number of fused-ring (bicyclic) bond motifs is 2. The molecule has 0 N–H and O–H groups in total. The minimum absolute atomic E-state index is 0.159. The van der Waals surface area contributed by atoms with Gasteiger partial charge in [-0.1, -0.05) is 44.7 Å². The van der Waals surface area contributed by atoms with Gasteiger partial charge in [0.1, 0.15) is 5.75 Å². The molecule has 2 aliphatic rings. The van der Waals surface area contributed by atoms with Crippen molar-refractivity contribution in [2.75, 3.05) is 18.1 Å². The molecule has 2 aromatic rings. The lowest BCUT2D eigenvalue weighted by atomic mass is 10.1. The molecule has 198 valence electrons. The van der Waals surface area contributed by atoms with Gasteiger partial charge in [0.2, 0.25) is 0 Å². The lowest BCUT2D eigenvalue weighted by Crippen LogP contribution is -2.46. The Balaban J connectivity index is 0.00000186. The number of allylic oxidation sites excluding steroid dienone is 4. The Labute approximate surface area is 216 Å². The molecule has 2 heterocycles. The van der Waals surface area contributed by atoms with Crippen LogP contribution in [0.25, 0.3) is 0 Å². The van der Waals surface area contributed by atoms with E-state index in [2.05, 4.69) is 11.3 Å². The van der Waals surface area contributed by atoms with Gasteiger partial charge < -0.3 is 14.2 Å². The zero-order chi connectivity index (χ0) is 27.2. The molecular weight excluding hydrogens is 507 g/mol. The van der Waals surface area contributed by atoms with Crippen molar-refractivity contribution in [3.05, 3.63) is 84.6 Å². The van der Waals surface area contributed by atoms with Gasteiger partial charge in [-0.25, -0.2) is 4.21 Å². The molecule has 0 bridgehead atoms. The van der Waals surface area contributed by atoms with E-state index in [1.54, 1.807) is 24.3 Å². The number of anilines is 1. The molecule has 1 unspecified atom stereocenters. The Hall–Kier alpha value is -3.21. The number of carbonyl (C=O) groups excluding carboxylic acids is 1. The van der Waals surface area contributed by atoms with Gasteiger partial charge in [0.15, 0.2) is 0 Å². The summed E-state index contributed by atoms with van der Waals surface area (Å²) in [6, 6.07) is 9.72. The van der Waals surface area contributed by atoms with Crippen molar-refractivity contribution in [1.82, 2.24) is 0 Å². The second kappa shape index (κ2) is 11.9. The maximum Gasteiger partial charge on any atom is 0.573 e. The van der Waals surface area contributed by atoms with E-state index < -0.39 is 34.6 Å². The summed E-state index contributed by atoms with van der Waals surface area (Å²) in [5.41, 5.74) is 1.23. The van der Waals surface area contributed by atoms with Crippen LogP contribution in [0, 0.1) is 0 Å². The Morgan fingerprint density at radius 2 is 1.84 bits per heavy atom. The number of benzene rings is 2. The third kappa shape index (κ3) is 5.71. The van der Waals surface area contributed by atoms with Gasteiger partial charge in [0.05, 0.1) is 34.6 Å². The molecule has 1 amide bonds. The first-order valence-corrected chi connectivity index (χ1v) is 12.9. The average Bonchev–Trinajstić information content (AvgIpc) is 3.12. The second-order valence-corrected chi connectivity index (χ2v) is 9.02. The third-order valence-corrected chi connectivity index (χ3v) is 6.78. The van der Waals surface area contributed by atoms with Gasteiger partial charge >= 0.3 is 6.36 Å². The van der Waals surface area contributed by atoms with Crippen molar-refractivity contribution in [3.8, 4) is 5.75 Å². The minimum Gasteiger partial charge on any atom is -0.404 e. The van der Waals surface area contributed by atoms with Gasteiger partial charge in [-0.05, 0) is 55.8 Å². The Bertz CT molecular complexity index is 1230. The van der Waals surface area contributed by atoms with E-state index >= 15 is 0 Å². The van der Waals surface area contributed by atoms with Crippen molar-refractivity contribution in [2.24, 2.45) is 0 Å². The Morgan fingerprint density at radius 1 is 1.16 bits per heavy atom. The van der Waals surface area contributed by atoms with Crippen LogP contribution in [0.15, 0.2) is 88.8 Å². The number of amides is 1. The number of hydrogen-bond acceptors (Lipinski definition) is 5. The summed E-state index contributed by atoms with van der Waals surface area (Å²) in [4.78, 5) is 15.0. The highest BCUT2D eigenvalue weighted by molar-refractivity contribution is 7.85. The fourth-order valence-electron chi connectivity index (χ4n) is 3.90. The fraction of sp³-hybridized carbons (Fsp3) is 0.296. The molecule has 0 aromatic heterocycles. The number of carbonyl (C=O) groups is 1. The molecule has 1 spiro atoms. The van der Waals surface area contributed by atoms with Crippen molar-refractivity contribution >= 4 is 22.4 Å². The van der Waals surface area contributed by atoms with Crippen LogP contribution < -0.4 is 9.64 Å². The largest absolute Gasteiger partial charge is 0.573 e. The zero-order valence-corrected chi connectivity index (χ0v) is 21.5. The van der Waals surface area contributed by atoms with E-state index in [4.69, 9.17) is 9.47 Å². The normalized spacial score (nSPS) is 17.8. The first-order chi connectivity index (χ1) is 17.7. The smallest absolute Gasteiger partial charge is 0.404 e. The number of alkyl halides is 3. The van der Waals surface area contributed by atoms with E-state index in [0.29, 0.717) is 23.4 Å². The molecule has 0 aliphatic carbocycles. The Kier molecular flexibility index (Phi) is 9.12. The number of halogens is 3. The van der Waals surface area contributed by atoms with Crippen molar-refractivity contribution < 1.29 is 36.4 Å². The second-order valence-electron chi connectivity index (χ2n) is 7.57. The van der Waals surface area contributed by atoms with E-state index in [-0.39, 0.29) is 23.0 Å². The quantitative estimate of drug-likeness (QED) is 0.403. The first kappa shape index (κ1) is 28.4. The lowest BCUT2D eigenvalue weighted by molar-refractivity contribution is -0.275. The molecular formula is C27H28F3NO5S. The van der Waals surface area contributed by atoms with Gasteiger partial charge in [-0.3, -0.25) is 9.69 Å². The predicted molar refractivity (Wildman–Crippen MR) is 134 cm³/mol. The molecule has 0 saturated carbocycles. The summed E-state index contributed by atoms with van der Waals surface area (Å²) in [6.07, 6.45) is 2.40. The van der Waals surface area contributed by atoms with E-state index in [1.165, 1.54) is 41.3 Å². The molecule has 0 radical (unpaired) electrons. The maximum atomic E-state index is 13.6. The number of para-hydroxylation sites is 1. The molecule has 2 aromatic carbocycles. The molecule has 4 rings (SSSR count). The summed E-state index contributed by atoms with van der Waals surface area (Å²) in [6.45, 7) is 10.1. The van der Waals surface area contributed by atoms with Crippen molar-refractivity contribution in [1.29, 1.82) is 0 Å². The summed E-state index contributed by atoms with van der Waals surface area (Å²) < 4.78 is 67.8. The van der Waals surface area contributed by atoms with E-state index in [1.807, 2.05) is 20.8 Å².